The lowest BCUT2D eigenvalue weighted by molar-refractivity contribution is -0.153. The van der Waals surface area contributed by atoms with Crippen LogP contribution < -0.4 is 10.6 Å². The number of rotatable bonds is 7. The van der Waals surface area contributed by atoms with Crippen LogP contribution in [0.15, 0.2) is 30.3 Å². The second-order valence-corrected chi connectivity index (χ2v) is 8.78. The summed E-state index contributed by atoms with van der Waals surface area (Å²) in [5.41, 5.74) is 0.663. The van der Waals surface area contributed by atoms with E-state index in [4.69, 9.17) is 4.55 Å². The summed E-state index contributed by atoms with van der Waals surface area (Å²) in [6, 6.07) is 5.22. The van der Waals surface area contributed by atoms with Crippen molar-refractivity contribution in [3.05, 3.63) is 35.9 Å². The lowest BCUT2D eigenvalue weighted by Gasteiger charge is -2.36. The molecule has 2 atom stereocenters. The first-order valence-corrected chi connectivity index (χ1v) is 11.5. The average Bonchev–Trinajstić information content (AvgIpc) is 2.76. The molecular formula is C19H23N5O8S. The van der Waals surface area contributed by atoms with Crippen LogP contribution in [-0.2, 0) is 35.9 Å². The minimum absolute atomic E-state index is 0.00159. The van der Waals surface area contributed by atoms with Gasteiger partial charge in [-0.1, -0.05) is 30.3 Å². The smallest absolute Gasteiger partial charge is 0.341 e. The van der Waals surface area contributed by atoms with Crippen molar-refractivity contribution in [2.24, 2.45) is 0 Å². The third-order valence-electron chi connectivity index (χ3n) is 5.32. The third kappa shape index (κ3) is 5.28. The largest absolute Gasteiger partial charge is 0.362 e. The number of nitrogens with zero attached hydrogens (tertiary/aromatic N) is 3. The van der Waals surface area contributed by atoms with Crippen LogP contribution in [-0.4, -0.2) is 95.0 Å². The molecule has 3 rings (SSSR count). The Morgan fingerprint density at radius 1 is 1.12 bits per heavy atom. The quantitative estimate of drug-likeness (QED) is 0.231. The van der Waals surface area contributed by atoms with E-state index in [-0.39, 0.29) is 23.8 Å². The number of amides is 6. The maximum absolute atomic E-state index is 12.8. The number of nitrogens with one attached hydrogen (secondary N) is 2. The second kappa shape index (κ2) is 9.54. The minimum atomic E-state index is -4.72. The lowest BCUT2D eigenvalue weighted by Crippen LogP contribution is -2.67. The first-order chi connectivity index (χ1) is 15.5. The molecule has 0 aromatic heterocycles. The molecule has 14 heteroatoms. The fraction of sp³-hybridized carbons (Fsp3) is 0.421. The summed E-state index contributed by atoms with van der Waals surface area (Å²) in [6.45, 7) is 1.67. The highest BCUT2D eigenvalue weighted by molar-refractivity contribution is 7.84. The normalized spacial score (nSPS) is 19.8. The van der Waals surface area contributed by atoms with E-state index in [0.29, 0.717) is 17.0 Å². The van der Waals surface area contributed by atoms with Crippen molar-refractivity contribution < 1.29 is 36.9 Å². The van der Waals surface area contributed by atoms with E-state index in [9.17, 15) is 32.4 Å². The zero-order chi connectivity index (χ0) is 24.3. The van der Waals surface area contributed by atoms with E-state index in [1.165, 1.54) is 4.90 Å². The third-order valence-corrected chi connectivity index (χ3v) is 6.21. The van der Waals surface area contributed by atoms with Gasteiger partial charge >= 0.3 is 28.1 Å². The van der Waals surface area contributed by atoms with Gasteiger partial charge in [-0.2, -0.15) is 8.42 Å². The van der Waals surface area contributed by atoms with Gasteiger partial charge in [0.25, 0.3) is 5.91 Å². The summed E-state index contributed by atoms with van der Waals surface area (Å²) >= 11 is 0. The summed E-state index contributed by atoms with van der Waals surface area (Å²) in [5, 5.41) is 4.75. The zero-order valence-electron chi connectivity index (χ0n) is 17.6. The summed E-state index contributed by atoms with van der Waals surface area (Å²) in [4.78, 5) is 63.9. The number of carbonyl (C=O) groups excluding carboxylic acids is 5. The summed E-state index contributed by atoms with van der Waals surface area (Å²) in [5.74, 6) is -3.66. The van der Waals surface area contributed by atoms with Crippen LogP contribution in [0.2, 0.25) is 0 Å². The van der Waals surface area contributed by atoms with Crippen molar-refractivity contribution in [3.8, 4) is 0 Å². The molecule has 2 heterocycles. The van der Waals surface area contributed by atoms with Crippen molar-refractivity contribution in [2.75, 3.05) is 26.2 Å². The van der Waals surface area contributed by atoms with Gasteiger partial charge in [0, 0.05) is 26.1 Å². The van der Waals surface area contributed by atoms with E-state index >= 15 is 0 Å². The van der Waals surface area contributed by atoms with Crippen molar-refractivity contribution >= 4 is 40.0 Å². The second-order valence-electron chi connectivity index (χ2n) is 7.44. The van der Waals surface area contributed by atoms with E-state index in [2.05, 4.69) is 10.6 Å². The van der Waals surface area contributed by atoms with Crippen LogP contribution in [0, 0.1) is 0 Å². The van der Waals surface area contributed by atoms with Gasteiger partial charge in [-0.3, -0.25) is 28.6 Å². The van der Waals surface area contributed by atoms with Crippen molar-refractivity contribution in [3.63, 3.8) is 0 Å². The first-order valence-electron chi connectivity index (χ1n) is 10.1. The van der Waals surface area contributed by atoms with Gasteiger partial charge in [0.15, 0.2) is 0 Å². The average molecular weight is 481 g/mol. The fourth-order valence-electron chi connectivity index (χ4n) is 3.44. The molecule has 2 aliphatic heterocycles. The monoisotopic (exact) mass is 481 g/mol. The van der Waals surface area contributed by atoms with Crippen LogP contribution >= 0.6 is 0 Å². The number of piperazine rings is 1. The molecule has 1 aromatic rings. The van der Waals surface area contributed by atoms with E-state index < -0.39 is 58.6 Å². The van der Waals surface area contributed by atoms with E-state index in [1.54, 1.807) is 37.3 Å². The van der Waals surface area contributed by atoms with Crippen LogP contribution in [0.25, 0.3) is 0 Å². The highest BCUT2D eigenvalue weighted by atomic mass is 32.2. The Kier molecular flexibility index (Phi) is 6.98. The van der Waals surface area contributed by atoms with Crippen LogP contribution in [0.3, 0.4) is 0 Å². The number of β-lactam (4-membered cyclic amide) rings is 1. The SMILES string of the molecule is CCN1CCN(C(=O)N[C@H](Cc2ccccc2)C(=O)NC2CN(S(=O)(=O)O)C2=O)C(=O)C1=O. The first kappa shape index (κ1) is 24.1. The van der Waals surface area contributed by atoms with Gasteiger partial charge < -0.3 is 15.5 Å². The predicted octanol–water partition coefficient (Wildman–Crippen LogP) is -1.87. The Balaban J connectivity index is 1.71. The molecule has 33 heavy (non-hydrogen) atoms. The van der Waals surface area contributed by atoms with Crippen molar-refractivity contribution in [1.82, 2.24) is 24.7 Å². The molecule has 0 aliphatic carbocycles. The molecule has 1 aromatic carbocycles. The molecule has 0 bridgehead atoms. The van der Waals surface area contributed by atoms with Gasteiger partial charge in [0.2, 0.25) is 5.91 Å². The summed E-state index contributed by atoms with van der Waals surface area (Å²) in [7, 11) is -4.72. The van der Waals surface area contributed by atoms with Gasteiger partial charge in [0.05, 0.1) is 6.54 Å². The highest BCUT2D eigenvalue weighted by Gasteiger charge is 2.45. The molecule has 0 saturated carbocycles. The molecule has 13 nitrogen and oxygen atoms in total. The van der Waals surface area contributed by atoms with Crippen molar-refractivity contribution in [2.45, 2.75) is 25.4 Å². The van der Waals surface area contributed by atoms with Crippen molar-refractivity contribution in [1.29, 1.82) is 0 Å². The highest BCUT2D eigenvalue weighted by Crippen LogP contribution is 2.15. The molecule has 0 spiro atoms. The van der Waals surface area contributed by atoms with Gasteiger partial charge in [-0.15, -0.1) is 0 Å². The molecule has 3 N–H and O–H groups in total. The maximum atomic E-state index is 12.8. The molecule has 2 aliphatic rings. The van der Waals surface area contributed by atoms with Crippen LogP contribution in [0.4, 0.5) is 4.79 Å². The summed E-state index contributed by atoms with van der Waals surface area (Å²) < 4.78 is 31.3. The Labute approximate surface area is 189 Å². The Morgan fingerprint density at radius 2 is 1.79 bits per heavy atom. The molecule has 0 radical (unpaired) electrons. The van der Waals surface area contributed by atoms with Gasteiger partial charge in [-0.05, 0) is 12.5 Å². The van der Waals surface area contributed by atoms with E-state index in [0.717, 1.165) is 0 Å². The van der Waals surface area contributed by atoms with Crippen LogP contribution in [0.1, 0.15) is 12.5 Å². The molecule has 2 fully saturated rings. The molecule has 6 amide bonds. The standard InChI is InChI=1S/C19H23N5O8S/c1-2-22-8-9-23(18(28)17(22)27)19(29)21-13(10-12-6-4-3-5-7-12)15(25)20-14-11-24(16(14)26)33(30,31)32/h3-7,13-14H,2,8-11H2,1H3,(H,20,25)(H,21,29)(H,30,31,32)/t13-,14?/m1/s1. The number of imide groups is 1. The number of benzene rings is 1. The topological polar surface area (TPSA) is 173 Å². The number of urea groups is 1. The predicted molar refractivity (Wildman–Crippen MR) is 112 cm³/mol. The maximum Gasteiger partial charge on any atom is 0.362 e. The number of hydrogen-bond donors (Lipinski definition) is 3. The number of hydrogen-bond acceptors (Lipinski definition) is 7. The molecule has 2 saturated heterocycles. The molecule has 178 valence electrons. The number of likely N-dealkylation sites (N-methyl/N-ethyl adjacent to an activating group) is 1. The summed E-state index contributed by atoms with van der Waals surface area (Å²) in [6.07, 6.45) is -0.00159. The Bertz CT molecular complexity index is 1080. The lowest BCUT2D eigenvalue weighted by atomic mass is 10.0. The van der Waals surface area contributed by atoms with Gasteiger partial charge in [0.1, 0.15) is 12.1 Å². The van der Waals surface area contributed by atoms with Crippen LogP contribution in [0.5, 0.6) is 0 Å². The minimum Gasteiger partial charge on any atom is -0.341 e. The zero-order valence-corrected chi connectivity index (χ0v) is 18.4. The van der Waals surface area contributed by atoms with Gasteiger partial charge in [-0.25, -0.2) is 9.10 Å². The fourth-order valence-corrected chi connectivity index (χ4v) is 4.13. The Morgan fingerprint density at radius 3 is 2.36 bits per heavy atom. The molecule has 1 unspecified atom stereocenters. The number of carbonyl (C=O) groups is 5. The Hall–Kier alpha value is -3.52. The van der Waals surface area contributed by atoms with E-state index in [1.807, 2.05) is 0 Å². The molecular weight excluding hydrogens is 458 g/mol.